The third-order valence-electron chi connectivity index (χ3n) is 3.95. The van der Waals surface area contributed by atoms with Crippen LogP contribution in [0.15, 0.2) is 24.3 Å². The summed E-state index contributed by atoms with van der Waals surface area (Å²) >= 11 is 0. The number of hydrogen-bond donors (Lipinski definition) is 2. The second-order valence-corrected chi connectivity index (χ2v) is 6.01. The Hall–Kier alpha value is -2.37. The number of hydrogen-bond acceptors (Lipinski definition) is 3. The van der Waals surface area contributed by atoms with Crippen LogP contribution in [0.5, 0.6) is 0 Å². The molecule has 1 saturated carbocycles. The lowest BCUT2D eigenvalue weighted by Crippen LogP contribution is -2.36. The topological polar surface area (TPSA) is 86.7 Å². The van der Waals surface area contributed by atoms with Gasteiger partial charge in [-0.15, -0.1) is 0 Å². The zero-order chi connectivity index (χ0) is 17.0. The molecule has 6 nitrogen and oxygen atoms in total. The average Bonchev–Trinajstić information content (AvgIpc) is 3.23. The molecule has 0 aromatic heterocycles. The molecule has 1 fully saturated rings. The Morgan fingerprint density at radius 1 is 1.26 bits per heavy atom. The molecule has 1 aliphatic rings. The van der Waals surface area contributed by atoms with Crippen LogP contribution in [0.1, 0.15) is 37.0 Å². The highest BCUT2D eigenvalue weighted by molar-refractivity contribution is 5.97. The first-order valence-electron chi connectivity index (χ1n) is 7.84. The molecule has 0 heterocycles. The van der Waals surface area contributed by atoms with Crippen molar-refractivity contribution in [3.8, 4) is 0 Å². The first-order valence-corrected chi connectivity index (χ1v) is 7.84. The van der Waals surface area contributed by atoms with Crippen molar-refractivity contribution in [3.05, 3.63) is 29.8 Å². The zero-order valence-electron chi connectivity index (χ0n) is 13.4. The van der Waals surface area contributed by atoms with Gasteiger partial charge in [0.05, 0.1) is 0 Å². The third-order valence-corrected chi connectivity index (χ3v) is 3.95. The Morgan fingerprint density at radius 3 is 2.35 bits per heavy atom. The van der Waals surface area contributed by atoms with Crippen molar-refractivity contribution in [2.24, 2.45) is 11.8 Å². The maximum Gasteiger partial charge on any atom is 0.323 e. The van der Waals surface area contributed by atoms with Crippen molar-refractivity contribution in [1.82, 2.24) is 4.90 Å². The Labute approximate surface area is 135 Å². The van der Waals surface area contributed by atoms with Crippen molar-refractivity contribution in [2.45, 2.75) is 26.7 Å². The van der Waals surface area contributed by atoms with Crippen LogP contribution >= 0.6 is 0 Å². The van der Waals surface area contributed by atoms with Crippen molar-refractivity contribution >= 4 is 23.5 Å². The fourth-order valence-electron chi connectivity index (χ4n) is 2.49. The molecular weight excluding hydrogens is 296 g/mol. The van der Waals surface area contributed by atoms with Crippen molar-refractivity contribution in [1.29, 1.82) is 0 Å². The number of benzene rings is 1. The molecule has 2 N–H and O–H groups in total. The van der Waals surface area contributed by atoms with Crippen LogP contribution in [0, 0.1) is 11.8 Å². The number of aliphatic carboxylic acids is 1. The summed E-state index contributed by atoms with van der Waals surface area (Å²) in [7, 11) is 0. The lowest BCUT2D eigenvalue weighted by Gasteiger charge is -2.20. The molecule has 2 amide bonds. The molecule has 0 aliphatic heterocycles. The lowest BCUT2D eigenvalue weighted by molar-refractivity contribution is -0.137. The highest BCUT2D eigenvalue weighted by Gasteiger charge is 2.39. The Morgan fingerprint density at radius 2 is 1.87 bits per heavy atom. The summed E-state index contributed by atoms with van der Waals surface area (Å²) in [6, 6.07) is 6.56. The van der Waals surface area contributed by atoms with E-state index in [0.29, 0.717) is 30.1 Å². The van der Waals surface area contributed by atoms with Crippen molar-refractivity contribution in [2.75, 3.05) is 18.4 Å². The van der Waals surface area contributed by atoms with Crippen LogP contribution in [0.4, 0.5) is 5.69 Å². The third kappa shape index (κ3) is 4.55. The minimum Gasteiger partial charge on any atom is -0.480 e. The van der Waals surface area contributed by atoms with Crippen LogP contribution in [0.25, 0.3) is 0 Å². The van der Waals surface area contributed by atoms with E-state index in [9.17, 15) is 14.4 Å². The molecule has 0 bridgehead atoms. The van der Waals surface area contributed by atoms with Gasteiger partial charge in [-0.25, -0.2) is 0 Å². The number of carbonyl (C=O) groups is 3. The summed E-state index contributed by atoms with van der Waals surface area (Å²) in [5.41, 5.74) is 1.06. The van der Waals surface area contributed by atoms with Gasteiger partial charge >= 0.3 is 5.97 Å². The number of carboxylic acid groups (broad SMARTS) is 1. The molecule has 2 unspecified atom stereocenters. The summed E-state index contributed by atoms with van der Waals surface area (Å²) in [5.74, 6) is -0.811. The molecule has 0 radical (unpaired) electrons. The maximum absolute atomic E-state index is 12.3. The molecule has 6 heteroatoms. The van der Waals surface area contributed by atoms with Gasteiger partial charge in [-0.3, -0.25) is 14.4 Å². The van der Waals surface area contributed by atoms with Crippen molar-refractivity contribution in [3.63, 3.8) is 0 Å². The van der Waals surface area contributed by atoms with Crippen molar-refractivity contribution < 1.29 is 19.5 Å². The number of amides is 2. The second-order valence-electron chi connectivity index (χ2n) is 6.01. The molecular formula is C17H22N2O4. The molecule has 1 aliphatic carbocycles. The van der Waals surface area contributed by atoms with Gasteiger partial charge < -0.3 is 15.3 Å². The van der Waals surface area contributed by atoms with Gasteiger partial charge in [-0.1, -0.05) is 13.8 Å². The van der Waals surface area contributed by atoms with Gasteiger partial charge in [-0.05, 0) is 43.0 Å². The summed E-state index contributed by atoms with van der Waals surface area (Å²) in [6.07, 6.45) is 1.61. The second kappa shape index (κ2) is 7.26. The smallest absolute Gasteiger partial charge is 0.323 e. The predicted octanol–water partition coefficient (Wildman–Crippen LogP) is 2.22. The number of nitrogens with one attached hydrogen (secondary N) is 1. The number of carbonyl (C=O) groups excluding carboxylic acids is 2. The summed E-state index contributed by atoms with van der Waals surface area (Å²) in [5, 5.41) is 11.7. The lowest BCUT2D eigenvalue weighted by atomic mass is 10.1. The maximum atomic E-state index is 12.3. The standard InChI is InChI=1S/C17H22N2O4/c1-3-8-19(10-15(20)21)17(23)12-4-6-13(7-5-12)18-16(22)14-9-11(14)2/h4-7,11,14H,3,8-10H2,1-2H3,(H,18,22)(H,20,21). The Kier molecular flexibility index (Phi) is 5.36. The number of nitrogens with zero attached hydrogens (tertiary/aromatic N) is 1. The normalized spacial score (nSPS) is 19.0. The van der Waals surface area contributed by atoms with Crippen LogP contribution in [0.3, 0.4) is 0 Å². The van der Waals surface area contributed by atoms with Crippen LogP contribution < -0.4 is 5.32 Å². The van der Waals surface area contributed by atoms with Gasteiger partial charge in [0.1, 0.15) is 6.54 Å². The van der Waals surface area contributed by atoms with Gasteiger partial charge in [0, 0.05) is 23.7 Å². The zero-order valence-corrected chi connectivity index (χ0v) is 13.4. The molecule has 2 atom stereocenters. The highest BCUT2D eigenvalue weighted by Crippen LogP contribution is 2.38. The van der Waals surface area contributed by atoms with E-state index in [1.165, 1.54) is 4.90 Å². The van der Waals surface area contributed by atoms with E-state index in [1.54, 1.807) is 24.3 Å². The van der Waals surface area contributed by atoms with E-state index in [2.05, 4.69) is 5.32 Å². The Balaban J connectivity index is 2.00. The molecule has 0 saturated heterocycles. The van der Waals surface area contributed by atoms with E-state index in [-0.39, 0.29) is 24.3 Å². The number of anilines is 1. The monoisotopic (exact) mass is 318 g/mol. The summed E-state index contributed by atoms with van der Waals surface area (Å²) in [4.78, 5) is 36.4. The van der Waals surface area contributed by atoms with E-state index in [4.69, 9.17) is 5.11 Å². The quantitative estimate of drug-likeness (QED) is 0.807. The van der Waals surface area contributed by atoms with Gasteiger partial charge in [0.2, 0.25) is 5.91 Å². The largest absolute Gasteiger partial charge is 0.480 e. The molecule has 2 rings (SSSR count). The molecule has 124 valence electrons. The first-order chi connectivity index (χ1) is 10.9. The molecule has 23 heavy (non-hydrogen) atoms. The fraction of sp³-hybridized carbons (Fsp3) is 0.471. The average molecular weight is 318 g/mol. The van der Waals surface area contributed by atoms with Crippen LogP contribution in [0.2, 0.25) is 0 Å². The van der Waals surface area contributed by atoms with Crippen LogP contribution in [-0.2, 0) is 9.59 Å². The highest BCUT2D eigenvalue weighted by atomic mass is 16.4. The van der Waals surface area contributed by atoms with E-state index in [1.807, 2.05) is 13.8 Å². The van der Waals surface area contributed by atoms with Crippen LogP contribution in [-0.4, -0.2) is 40.9 Å². The molecule has 0 spiro atoms. The van der Waals surface area contributed by atoms with E-state index in [0.717, 1.165) is 6.42 Å². The first kappa shape index (κ1) is 17.0. The number of rotatable bonds is 7. The molecule has 1 aromatic carbocycles. The molecule has 1 aromatic rings. The summed E-state index contributed by atoms with van der Waals surface area (Å²) in [6.45, 7) is 4.00. The van der Waals surface area contributed by atoms with Gasteiger partial charge in [0.25, 0.3) is 5.91 Å². The Bertz CT molecular complexity index is 597. The van der Waals surface area contributed by atoms with Gasteiger partial charge in [0.15, 0.2) is 0 Å². The number of carboxylic acids is 1. The predicted molar refractivity (Wildman–Crippen MR) is 86.2 cm³/mol. The SMILES string of the molecule is CCCN(CC(=O)O)C(=O)c1ccc(NC(=O)C2CC2C)cc1. The van der Waals surface area contributed by atoms with Gasteiger partial charge in [-0.2, -0.15) is 0 Å². The fourth-order valence-corrected chi connectivity index (χ4v) is 2.49. The van der Waals surface area contributed by atoms with E-state index >= 15 is 0 Å². The minimum atomic E-state index is -1.03. The van der Waals surface area contributed by atoms with E-state index < -0.39 is 5.97 Å². The summed E-state index contributed by atoms with van der Waals surface area (Å²) < 4.78 is 0. The minimum absolute atomic E-state index is 0.00932.